The highest BCUT2D eigenvalue weighted by Gasteiger charge is 2.18. The monoisotopic (exact) mass is 234 g/mol. The fraction of sp³-hybridized carbons (Fsp3) is 0.462. The molecule has 0 saturated heterocycles. The number of pyridine rings is 1. The molecule has 1 aliphatic rings. The van der Waals surface area contributed by atoms with Crippen LogP contribution in [0.4, 0.5) is 0 Å². The summed E-state index contributed by atoms with van der Waals surface area (Å²) in [6.45, 7) is 0. The summed E-state index contributed by atoms with van der Waals surface area (Å²) in [4.78, 5) is 4.68. The molecular formula is C13H15ClN2. The highest BCUT2D eigenvalue weighted by molar-refractivity contribution is 6.30. The van der Waals surface area contributed by atoms with E-state index in [1.54, 1.807) is 0 Å². The van der Waals surface area contributed by atoms with Crippen LogP contribution in [-0.4, -0.2) is 9.38 Å². The van der Waals surface area contributed by atoms with Crippen LogP contribution in [0.2, 0.25) is 5.02 Å². The van der Waals surface area contributed by atoms with Crippen molar-refractivity contribution in [3.63, 3.8) is 0 Å². The maximum Gasteiger partial charge on any atom is 0.137 e. The SMILES string of the molecule is Clc1ccc2nc(C3CCCCC3)cn2c1. The number of hydrogen-bond donors (Lipinski definition) is 0. The molecular weight excluding hydrogens is 220 g/mol. The first kappa shape index (κ1) is 10.2. The highest BCUT2D eigenvalue weighted by atomic mass is 35.5. The molecule has 0 N–H and O–H groups in total. The molecule has 0 bridgehead atoms. The van der Waals surface area contributed by atoms with Crippen LogP contribution in [0.1, 0.15) is 43.7 Å². The van der Waals surface area contributed by atoms with E-state index < -0.39 is 0 Å². The van der Waals surface area contributed by atoms with Gasteiger partial charge in [-0.2, -0.15) is 0 Å². The molecule has 2 heterocycles. The van der Waals surface area contributed by atoms with Crippen LogP contribution in [0, 0.1) is 0 Å². The van der Waals surface area contributed by atoms with Crippen molar-refractivity contribution in [2.45, 2.75) is 38.0 Å². The average Bonchev–Trinajstić information content (AvgIpc) is 2.73. The molecule has 1 saturated carbocycles. The third-order valence-electron chi connectivity index (χ3n) is 3.46. The predicted molar refractivity (Wildman–Crippen MR) is 66.0 cm³/mol. The van der Waals surface area contributed by atoms with E-state index in [-0.39, 0.29) is 0 Å². The second kappa shape index (κ2) is 4.10. The van der Waals surface area contributed by atoms with Crippen molar-refractivity contribution in [3.8, 4) is 0 Å². The molecule has 2 aromatic rings. The number of aromatic nitrogens is 2. The second-order valence-electron chi connectivity index (χ2n) is 4.61. The summed E-state index contributed by atoms with van der Waals surface area (Å²) in [5, 5.41) is 0.764. The number of nitrogens with zero attached hydrogens (tertiary/aromatic N) is 2. The smallest absolute Gasteiger partial charge is 0.137 e. The molecule has 0 spiro atoms. The standard InChI is InChI=1S/C13H15ClN2/c14-11-6-7-13-15-12(9-16(13)8-11)10-4-2-1-3-5-10/h6-10H,1-5H2. The van der Waals surface area contributed by atoms with E-state index >= 15 is 0 Å². The van der Waals surface area contributed by atoms with Crippen molar-refractivity contribution in [2.75, 3.05) is 0 Å². The largest absolute Gasteiger partial charge is 0.305 e. The Bertz CT molecular complexity index is 498. The van der Waals surface area contributed by atoms with E-state index in [4.69, 9.17) is 11.6 Å². The predicted octanol–water partition coefficient (Wildman–Crippen LogP) is 4.04. The van der Waals surface area contributed by atoms with Gasteiger partial charge >= 0.3 is 0 Å². The van der Waals surface area contributed by atoms with Gasteiger partial charge in [0, 0.05) is 18.3 Å². The summed E-state index contributed by atoms with van der Waals surface area (Å²) < 4.78 is 2.03. The number of fused-ring (bicyclic) bond motifs is 1. The molecule has 0 aromatic carbocycles. The lowest BCUT2D eigenvalue weighted by Crippen LogP contribution is -2.04. The first-order valence-corrected chi connectivity index (χ1v) is 6.35. The fourth-order valence-electron chi connectivity index (χ4n) is 2.58. The molecule has 1 aliphatic carbocycles. The van der Waals surface area contributed by atoms with E-state index in [0.717, 1.165) is 10.7 Å². The van der Waals surface area contributed by atoms with Crippen LogP contribution >= 0.6 is 11.6 Å². The van der Waals surface area contributed by atoms with Gasteiger partial charge in [0.1, 0.15) is 5.65 Å². The highest BCUT2D eigenvalue weighted by Crippen LogP contribution is 2.32. The molecule has 0 atom stereocenters. The quantitative estimate of drug-likeness (QED) is 0.728. The number of rotatable bonds is 1. The van der Waals surface area contributed by atoms with Gasteiger partial charge in [-0.3, -0.25) is 0 Å². The van der Waals surface area contributed by atoms with Gasteiger partial charge in [-0.05, 0) is 25.0 Å². The average molecular weight is 235 g/mol. The minimum Gasteiger partial charge on any atom is -0.305 e. The van der Waals surface area contributed by atoms with E-state index in [2.05, 4.69) is 11.2 Å². The molecule has 0 aliphatic heterocycles. The van der Waals surface area contributed by atoms with E-state index in [0.29, 0.717) is 5.92 Å². The third kappa shape index (κ3) is 1.82. The van der Waals surface area contributed by atoms with Crippen molar-refractivity contribution in [1.82, 2.24) is 9.38 Å². The molecule has 2 nitrogen and oxygen atoms in total. The minimum atomic E-state index is 0.660. The Morgan fingerprint density at radius 3 is 2.75 bits per heavy atom. The van der Waals surface area contributed by atoms with Gasteiger partial charge in [0.2, 0.25) is 0 Å². The summed E-state index contributed by atoms with van der Waals surface area (Å²) in [5.41, 5.74) is 2.24. The lowest BCUT2D eigenvalue weighted by atomic mass is 9.87. The van der Waals surface area contributed by atoms with Crippen molar-refractivity contribution >= 4 is 17.2 Å². The first-order chi connectivity index (χ1) is 7.83. The lowest BCUT2D eigenvalue weighted by Gasteiger charge is -2.19. The number of hydrogen-bond acceptors (Lipinski definition) is 1. The molecule has 3 rings (SSSR count). The van der Waals surface area contributed by atoms with Gasteiger partial charge in [-0.25, -0.2) is 4.98 Å². The van der Waals surface area contributed by atoms with Crippen LogP contribution in [0.25, 0.3) is 5.65 Å². The Balaban J connectivity index is 1.97. The first-order valence-electron chi connectivity index (χ1n) is 5.97. The van der Waals surface area contributed by atoms with Crippen molar-refractivity contribution in [2.24, 2.45) is 0 Å². The zero-order valence-electron chi connectivity index (χ0n) is 9.19. The van der Waals surface area contributed by atoms with Crippen LogP contribution < -0.4 is 0 Å². The molecule has 2 aromatic heterocycles. The van der Waals surface area contributed by atoms with Gasteiger partial charge in [0.25, 0.3) is 0 Å². The topological polar surface area (TPSA) is 17.3 Å². The Labute approximate surface area is 100 Å². The molecule has 0 amide bonds. The second-order valence-corrected chi connectivity index (χ2v) is 5.05. The molecule has 16 heavy (non-hydrogen) atoms. The Kier molecular flexibility index (Phi) is 2.60. The van der Waals surface area contributed by atoms with Gasteiger partial charge in [-0.15, -0.1) is 0 Å². The van der Waals surface area contributed by atoms with Crippen LogP contribution in [-0.2, 0) is 0 Å². The Hall–Kier alpha value is -1.02. The summed E-state index contributed by atoms with van der Waals surface area (Å²) in [5.74, 6) is 0.660. The van der Waals surface area contributed by atoms with Crippen molar-refractivity contribution in [3.05, 3.63) is 35.2 Å². The van der Waals surface area contributed by atoms with Crippen molar-refractivity contribution in [1.29, 1.82) is 0 Å². The fourth-order valence-corrected chi connectivity index (χ4v) is 2.75. The zero-order chi connectivity index (χ0) is 11.0. The summed E-state index contributed by atoms with van der Waals surface area (Å²) in [6, 6.07) is 3.88. The Morgan fingerprint density at radius 2 is 1.94 bits per heavy atom. The summed E-state index contributed by atoms with van der Waals surface area (Å²) in [7, 11) is 0. The molecule has 84 valence electrons. The van der Waals surface area contributed by atoms with E-state index in [1.165, 1.54) is 37.8 Å². The van der Waals surface area contributed by atoms with Gasteiger partial charge in [0.15, 0.2) is 0 Å². The lowest BCUT2D eigenvalue weighted by molar-refractivity contribution is 0.438. The summed E-state index contributed by atoms with van der Waals surface area (Å²) >= 11 is 5.97. The minimum absolute atomic E-state index is 0.660. The van der Waals surface area contributed by atoms with Crippen molar-refractivity contribution < 1.29 is 0 Å². The van der Waals surface area contributed by atoms with Gasteiger partial charge < -0.3 is 4.40 Å². The molecule has 3 heteroatoms. The van der Waals surface area contributed by atoms with Crippen LogP contribution in [0.3, 0.4) is 0 Å². The Morgan fingerprint density at radius 1 is 1.12 bits per heavy atom. The third-order valence-corrected chi connectivity index (χ3v) is 3.68. The zero-order valence-corrected chi connectivity index (χ0v) is 9.95. The molecule has 1 fully saturated rings. The summed E-state index contributed by atoms with van der Waals surface area (Å²) in [6.07, 6.45) is 10.7. The van der Waals surface area contributed by atoms with Gasteiger partial charge in [-0.1, -0.05) is 30.9 Å². The number of imidazole rings is 1. The van der Waals surface area contributed by atoms with E-state index in [1.807, 2.05) is 22.7 Å². The van der Waals surface area contributed by atoms with Crippen LogP contribution in [0.5, 0.6) is 0 Å². The normalized spacial score (nSPS) is 18.1. The molecule has 0 radical (unpaired) electrons. The molecule has 0 unspecified atom stereocenters. The van der Waals surface area contributed by atoms with Gasteiger partial charge in [0.05, 0.1) is 10.7 Å². The maximum absolute atomic E-state index is 5.97. The number of halogens is 1. The maximum atomic E-state index is 5.97. The van der Waals surface area contributed by atoms with Crippen LogP contribution in [0.15, 0.2) is 24.5 Å². The van der Waals surface area contributed by atoms with E-state index in [9.17, 15) is 0 Å².